The van der Waals surface area contributed by atoms with Gasteiger partial charge in [-0.2, -0.15) is 5.10 Å². The first-order valence-electron chi connectivity index (χ1n) is 11.5. The van der Waals surface area contributed by atoms with Crippen LogP contribution in [0.4, 0.5) is 0 Å². The van der Waals surface area contributed by atoms with Crippen molar-refractivity contribution in [3.8, 4) is 0 Å². The molecule has 0 spiro atoms. The standard InChI is InChI=1S/C27H27ClN4O/c28-21-12-10-20(11-13-21)18-26-24-8-1-2-9-25(24)27(33)32(30-26)23-7-5-16-31(17-14-23)19-22-6-3-4-15-29-22/h1-4,6,8-13,15,23H,5,7,14,16-19H2. The number of nitrogens with zero attached hydrogens (tertiary/aromatic N) is 4. The average Bonchev–Trinajstić information content (AvgIpc) is 3.08. The van der Waals surface area contributed by atoms with Crippen LogP contribution in [-0.2, 0) is 13.0 Å². The fraction of sp³-hybridized carbons (Fsp3) is 0.296. The third-order valence-corrected chi connectivity index (χ3v) is 6.69. The lowest BCUT2D eigenvalue weighted by Crippen LogP contribution is -2.30. The van der Waals surface area contributed by atoms with E-state index in [-0.39, 0.29) is 11.6 Å². The average molecular weight is 459 g/mol. The van der Waals surface area contributed by atoms with Gasteiger partial charge in [0, 0.05) is 36.1 Å². The quantitative estimate of drug-likeness (QED) is 0.409. The predicted octanol–water partition coefficient (Wildman–Crippen LogP) is 5.26. The third kappa shape index (κ3) is 5.00. The number of likely N-dealkylation sites (tertiary alicyclic amines) is 1. The van der Waals surface area contributed by atoms with Crippen molar-refractivity contribution >= 4 is 22.4 Å². The zero-order chi connectivity index (χ0) is 22.6. The highest BCUT2D eigenvalue weighted by Crippen LogP contribution is 2.24. The van der Waals surface area contributed by atoms with E-state index < -0.39 is 0 Å². The molecule has 0 saturated carbocycles. The van der Waals surface area contributed by atoms with Crippen molar-refractivity contribution < 1.29 is 0 Å². The monoisotopic (exact) mass is 458 g/mol. The van der Waals surface area contributed by atoms with Crippen LogP contribution in [0.25, 0.3) is 10.8 Å². The second kappa shape index (κ2) is 9.86. The van der Waals surface area contributed by atoms with E-state index in [0.717, 1.165) is 71.6 Å². The molecule has 3 heterocycles. The topological polar surface area (TPSA) is 51.0 Å². The summed E-state index contributed by atoms with van der Waals surface area (Å²) in [6, 6.07) is 21.8. The van der Waals surface area contributed by atoms with Crippen LogP contribution >= 0.6 is 11.6 Å². The molecule has 1 aliphatic rings. The summed E-state index contributed by atoms with van der Waals surface area (Å²) in [7, 11) is 0. The Morgan fingerprint density at radius 3 is 2.48 bits per heavy atom. The molecule has 2 aromatic carbocycles. The molecule has 0 N–H and O–H groups in total. The lowest BCUT2D eigenvalue weighted by atomic mass is 10.0. The zero-order valence-electron chi connectivity index (χ0n) is 18.5. The lowest BCUT2D eigenvalue weighted by Gasteiger charge is -2.21. The second-order valence-corrected chi connectivity index (χ2v) is 9.16. The van der Waals surface area contributed by atoms with E-state index in [1.807, 2.05) is 66.9 Å². The molecule has 6 heteroatoms. The first-order valence-corrected chi connectivity index (χ1v) is 11.9. The smallest absolute Gasteiger partial charge is 0.274 e. The van der Waals surface area contributed by atoms with E-state index in [1.165, 1.54) is 0 Å². The van der Waals surface area contributed by atoms with Crippen LogP contribution in [0.3, 0.4) is 0 Å². The van der Waals surface area contributed by atoms with Gasteiger partial charge in [-0.15, -0.1) is 0 Å². The molecule has 2 aromatic heterocycles. The molecule has 1 aliphatic heterocycles. The molecule has 168 valence electrons. The van der Waals surface area contributed by atoms with Crippen molar-refractivity contribution in [1.29, 1.82) is 0 Å². The number of hydrogen-bond acceptors (Lipinski definition) is 4. The van der Waals surface area contributed by atoms with E-state index in [1.54, 1.807) is 4.68 Å². The van der Waals surface area contributed by atoms with Crippen LogP contribution in [0, 0.1) is 0 Å². The van der Waals surface area contributed by atoms with Crippen LogP contribution < -0.4 is 5.56 Å². The number of pyridine rings is 1. The highest BCUT2D eigenvalue weighted by molar-refractivity contribution is 6.30. The third-order valence-electron chi connectivity index (χ3n) is 6.44. The van der Waals surface area contributed by atoms with Crippen molar-refractivity contribution in [2.45, 2.75) is 38.3 Å². The van der Waals surface area contributed by atoms with Crippen molar-refractivity contribution in [1.82, 2.24) is 19.7 Å². The summed E-state index contributed by atoms with van der Waals surface area (Å²) in [5.74, 6) is 0. The number of rotatable bonds is 5. The molecule has 0 radical (unpaired) electrons. The van der Waals surface area contributed by atoms with Crippen LogP contribution in [0.15, 0.2) is 77.7 Å². The second-order valence-electron chi connectivity index (χ2n) is 8.73. The summed E-state index contributed by atoms with van der Waals surface area (Å²) < 4.78 is 1.76. The number of fused-ring (bicyclic) bond motifs is 1. The van der Waals surface area contributed by atoms with E-state index in [9.17, 15) is 4.79 Å². The van der Waals surface area contributed by atoms with Gasteiger partial charge in [-0.3, -0.25) is 14.7 Å². The maximum absolute atomic E-state index is 13.4. The Morgan fingerprint density at radius 1 is 0.909 bits per heavy atom. The van der Waals surface area contributed by atoms with Crippen molar-refractivity contribution in [2.75, 3.05) is 13.1 Å². The van der Waals surface area contributed by atoms with E-state index >= 15 is 0 Å². The molecule has 0 aliphatic carbocycles. The highest BCUT2D eigenvalue weighted by Gasteiger charge is 2.22. The highest BCUT2D eigenvalue weighted by atomic mass is 35.5. The maximum atomic E-state index is 13.4. The Hall–Kier alpha value is -3.02. The first-order chi connectivity index (χ1) is 16.2. The molecular weight excluding hydrogens is 432 g/mol. The minimum absolute atomic E-state index is 0.00799. The Kier molecular flexibility index (Phi) is 6.51. The Balaban J connectivity index is 1.43. The van der Waals surface area contributed by atoms with Gasteiger partial charge in [-0.05, 0) is 61.7 Å². The first kappa shape index (κ1) is 21.8. The summed E-state index contributed by atoms with van der Waals surface area (Å²) in [4.78, 5) is 20.3. The molecule has 0 bridgehead atoms. The summed E-state index contributed by atoms with van der Waals surface area (Å²) >= 11 is 6.07. The van der Waals surface area contributed by atoms with Gasteiger partial charge in [-0.1, -0.05) is 48.0 Å². The van der Waals surface area contributed by atoms with E-state index in [4.69, 9.17) is 16.7 Å². The minimum Gasteiger partial charge on any atom is -0.297 e. The maximum Gasteiger partial charge on any atom is 0.274 e. The molecule has 1 fully saturated rings. The van der Waals surface area contributed by atoms with Gasteiger partial charge in [0.1, 0.15) is 0 Å². The summed E-state index contributed by atoms with van der Waals surface area (Å²) in [6.45, 7) is 2.77. The molecule has 5 rings (SSSR count). The molecule has 1 saturated heterocycles. The molecule has 5 nitrogen and oxygen atoms in total. The SMILES string of the molecule is O=c1c2ccccc2c(Cc2ccc(Cl)cc2)nn1C1CCCN(Cc2ccccn2)CC1. The Bertz CT molecular complexity index is 1290. The van der Waals surface area contributed by atoms with Crippen LogP contribution in [0.2, 0.25) is 5.02 Å². The van der Waals surface area contributed by atoms with Crippen LogP contribution in [-0.4, -0.2) is 32.8 Å². The lowest BCUT2D eigenvalue weighted by molar-refractivity contribution is 0.267. The molecule has 0 amide bonds. The van der Waals surface area contributed by atoms with Gasteiger partial charge in [0.25, 0.3) is 5.56 Å². The van der Waals surface area contributed by atoms with Gasteiger partial charge >= 0.3 is 0 Å². The fourth-order valence-corrected chi connectivity index (χ4v) is 4.84. The predicted molar refractivity (Wildman–Crippen MR) is 133 cm³/mol. The summed E-state index contributed by atoms with van der Waals surface area (Å²) in [5.41, 5.74) is 3.16. The fourth-order valence-electron chi connectivity index (χ4n) is 4.71. The number of halogens is 1. The van der Waals surface area contributed by atoms with Crippen molar-refractivity contribution in [3.05, 3.63) is 105 Å². The van der Waals surface area contributed by atoms with E-state index in [2.05, 4.69) is 16.0 Å². The number of hydrogen-bond donors (Lipinski definition) is 0. The summed E-state index contributed by atoms with van der Waals surface area (Å²) in [5, 5.41) is 7.32. The zero-order valence-corrected chi connectivity index (χ0v) is 19.3. The van der Waals surface area contributed by atoms with Crippen molar-refractivity contribution in [2.24, 2.45) is 0 Å². The molecule has 1 unspecified atom stereocenters. The molecule has 33 heavy (non-hydrogen) atoms. The van der Waals surface area contributed by atoms with Gasteiger partial charge in [0.2, 0.25) is 0 Å². The van der Waals surface area contributed by atoms with Gasteiger partial charge in [0.15, 0.2) is 0 Å². The Labute approximate surface area is 198 Å². The van der Waals surface area contributed by atoms with Crippen LogP contribution in [0.1, 0.15) is 42.3 Å². The van der Waals surface area contributed by atoms with Crippen molar-refractivity contribution in [3.63, 3.8) is 0 Å². The summed E-state index contributed by atoms with van der Waals surface area (Å²) in [6.07, 6.45) is 5.39. The number of benzene rings is 2. The van der Waals surface area contributed by atoms with Gasteiger partial charge in [-0.25, -0.2) is 4.68 Å². The van der Waals surface area contributed by atoms with E-state index in [0.29, 0.717) is 6.42 Å². The largest absolute Gasteiger partial charge is 0.297 e. The molecular formula is C27H27ClN4O. The van der Waals surface area contributed by atoms with Crippen LogP contribution in [0.5, 0.6) is 0 Å². The Morgan fingerprint density at radius 2 is 1.70 bits per heavy atom. The van der Waals surface area contributed by atoms with Gasteiger partial charge in [0.05, 0.1) is 22.8 Å². The molecule has 4 aromatic rings. The normalized spacial score (nSPS) is 17.2. The molecule has 1 atom stereocenters. The number of aromatic nitrogens is 3. The minimum atomic E-state index is 0.00799. The van der Waals surface area contributed by atoms with Gasteiger partial charge < -0.3 is 0 Å².